The Morgan fingerprint density at radius 3 is 2.54 bits per heavy atom. The summed E-state index contributed by atoms with van der Waals surface area (Å²) in [6.45, 7) is 4.25. The topological polar surface area (TPSA) is 67.2 Å². The van der Waals surface area contributed by atoms with Crippen LogP contribution in [0.4, 0.5) is 5.82 Å². The van der Waals surface area contributed by atoms with E-state index in [0.717, 1.165) is 38.0 Å². The Balaban J connectivity index is 1.41. The van der Waals surface area contributed by atoms with E-state index in [2.05, 4.69) is 10.4 Å². The fourth-order valence-electron chi connectivity index (χ4n) is 3.33. The van der Waals surface area contributed by atoms with Gasteiger partial charge in [0.25, 0.3) is 0 Å². The second kappa shape index (κ2) is 8.65. The molecule has 2 aromatic rings. The highest BCUT2D eigenvalue weighted by atomic mass is 16.2. The Morgan fingerprint density at radius 1 is 1.15 bits per heavy atom. The van der Waals surface area contributed by atoms with Crippen LogP contribution in [0.15, 0.2) is 42.6 Å². The van der Waals surface area contributed by atoms with E-state index in [1.54, 1.807) is 4.68 Å². The number of carbonyl (C=O) groups excluding carboxylic acids is 2. The van der Waals surface area contributed by atoms with Crippen molar-refractivity contribution in [1.82, 2.24) is 14.7 Å². The summed E-state index contributed by atoms with van der Waals surface area (Å²) in [4.78, 5) is 26.5. The molecule has 0 bridgehead atoms. The second-order valence-electron chi connectivity index (χ2n) is 6.80. The lowest BCUT2D eigenvalue weighted by Crippen LogP contribution is -2.40. The summed E-state index contributed by atoms with van der Waals surface area (Å²) in [5, 5.41) is 7.13. The maximum atomic E-state index is 12.4. The molecule has 6 heteroatoms. The van der Waals surface area contributed by atoms with Gasteiger partial charge in [0.15, 0.2) is 5.82 Å². The third kappa shape index (κ3) is 4.94. The Bertz CT molecular complexity index is 733. The zero-order chi connectivity index (χ0) is 18.4. The predicted molar refractivity (Wildman–Crippen MR) is 101 cm³/mol. The van der Waals surface area contributed by atoms with Gasteiger partial charge in [-0.05, 0) is 31.2 Å². The lowest BCUT2D eigenvalue weighted by Gasteiger charge is -2.31. The maximum Gasteiger partial charge on any atom is 0.226 e. The number of aromatic nitrogens is 2. The SMILES string of the molecule is CCn1ccc(NC(=O)CC2CCN(C(=O)Cc3ccccc3)CC2)n1. The first-order valence-electron chi connectivity index (χ1n) is 9.29. The molecule has 1 aliphatic rings. The largest absolute Gasteiger partial charge is 0.342 e. The zero-order valence-electron chi connectivity index (χ0n) is 15.2. The standard InChI is InChI=1S/C20H26N4O2/c1-2-24-13-10-18(22-24)21-19(25)14-17-8-11-23(12-9-17)20(26)15-16-6-4-3-5-7-16/h3-7,10,13,17H,2,8-9,11-12,14-15H2,1H3,(H,21,22,25). The van der Waals surface area contributed by atoms with Crippen LogP contribution >= 0.6 is 0 Å². The van der Waals surface area contributed by atoms with Crippen molar-refractivity contribution in [2.75, 3.05) is 18.4 Å². The van der Waals surface area contributed by atoms with Crippen molar-refractivity contribution in [3.8, 4) is 0 Å². The number of amides is 2. The van der Waals surface area contributed by atoms with Crippen LogP contribution in [0.2, 0.25) is 0 Å². The molecular formula is C20H26N4O2. The quantitative estimate of drug-likeness (QED) is 0.867. The fraction of sp³-hybridized carbons (Fsp3) is 0.450. The first-order chi connectivity index (χ1) is 12.6. The molecule has 1 aromatic heterocycles. The predicted octanol–water partition coefficient (Wildman–Crippen LogP) is 2.71. The second-order valence-corrected chi connectivity index (χ2v) is 6.80. The lowest BCUT2D eigenvalue weighted by atomic mass is 9.93. The maximum absolute atomic E-state index is 12.4. The van der Waals surface area contributed by atoms with E-state index < -0.39 is 0 Å². The van der Waals surface area contributed by atoms with Crippen molar-refractivity contribution in [2.45, 2.75) is 39.2 Å². The molecule has 138 valence electrons. The number of rotatable bonds is 6. The molecule has 3 rings (SSSR count). The van der Waals surface area contributed by atoms with Gasteiger partial charge >= 0.3 is 0 Å². The van der Waals surface area contributed by atoms with E-state index >= 15 is 0 Å². The van der Waals surface area contributed by atoms with Crippen LogP contribution in [0.25, 0.3) is 0 Å². The van der Waals surface area contributed by atoms with Gasteiger partial charge in [0, 0.05) is 38.3 Å². The summed E-state index contributed by atoms with van der Waals surface area (Å²) in [6.07, 6.45) is 4.53. The Kier molecular flexibility index (Phi) is 6.04. The number of hydrogen-bond acceptors (Lipinski definition) is 3. The summed E-state index contributed by atoms with van der Waals surface area (Å²) in [5.74, 6) is 1.10. The van der Waals surface area contributed by atoms with E-state index in [0.29, 0.717) is 24.6 Å². The molecular weight excluding hydrogens is 328 g/mol. The van der Waals surface area contributed by atoms with Gasteiger partial charge in [-0.25, -0.2) is 0 Å². The number of hydrogen-bond donors (Lipinski definition) is 1. The van der Waals surface area contributed by atoms with Crippen LogP contribution in [-0.4, -0.2) is 39.6 Å². The van der Waals surface area contributed by atoms with E-state index in [1.165, 1.54) is 0 Å². The molecule has 0 saturated carbocycles. The first kappa shape index (κ1) is 18.2. The lowest BCUT2D eigenvalue weighted by molar-refractivity contribution is -0.131. The molecule has 0 aliphatic carbocycles. The molecule has 1 saturated heterocycles. The number of nitrogens with one attached hydrogen (secondary N) is 1. The highest BCUT2D eigenvalue weighted by Crippen LogP contribution is 2.21. The van der Waals surface area contributed by atoms with E-state index in [4.69, 9.17) is 0 Å². The third-order valence-electron chi connectivity index (χ3n) is 4.87. The molecule has 1 aliphatic heterocycles. The van der Waals surface area contributed by atoms with Gasteiger partial charge in [0.1, 0.15) is 0 Å². The van der Waals surface area contributed by atoms with Crippen molar-refractivity contribution >= 4 is 17.6 Å². The first-order valence-corrected chi connectivity index (χ1v) is 9.29. The minimum absolute atomic E-state index is 0.000384. The van der Waals surface area contributed by atoms with E-state index in [1.807, 2.05) is 54.4 Å². The summed E-state index contributed by atoms with van der Waals surface area (Å²) in [6, 6.07) is 11.6. The molecule has 0 spiro atoms. The molecule has 0 unspecified atom stereocenters. The normalized spacial score (nSPS) is 15.0. The van der Waals surface area contributed by atoms with Crippen LogP contribution in [0.3, 0.4) is 0 Å². The zero-order valence-corrected chi connectivity index (χ0v) is 15.2. The average molecular weight is 354 g/mol. The van der Waals surface area contributed by atoms with Crippen molar-refractivity contribution in [3.63, 3.8) is 0 Å². The van der Waals surface area contributed by atoms with Gasteiger partial charge in [0.05, 0.1) is 6.42 Å². The van der Waals surface area contributed by atoms with Crippen LogP contribution in [0, 0.1) is 5.92 Å². The number of piperidine rings is 1. The molecule has 2 amide bonds. The highest BCUT2D eigenvalue weighted by molar-refractivity contribution is 5.89. The van der Waals surface area contributed by atoms with Gasteiger partial charge in [0.2, 0.25) is 11.8 Å². The molecule has 1 aromatic carbocycles. The molecule has 2 heterocycles. The van der Waals surface area contributed by atoms with Crippen molar-refractivity contribution in [1.29, 1.82) is 0 Å². The number of carbonyl (C=O) groups is 2. The minimum atomic E-state index is 0.000384. The van der Waals surface area contributed by atoms with E-state index in [9.17, 15) is 9.59 Å². The summed E-state index contributed by atoms with van der Waals surface area (Å²) < 4.78 is 1.78. The minimum Gasteiger partial charge on any atom is -0.342 e. The highest BCUT2D eigenvalue weighted by Gasteiger charge is 2.24. The van der Waals surface area contributed by atoms with Crippen LogP contribution in [0.1, 0.15) is 31.7 Å². The van der Waals surface area contributed by atoms with Gasteiger partial charge < -0.3 is 10.2 Å². The number of anilines is 1. The number of aryl methyl sites for hydroxylation is 1. The van der Waals surface area contributed by atoms with Crippen LogP contribution in [-0.2, 0) is 22.6 Å². The van der Waals surface area contributed by atoms with Crippen molar-refractivity contribution in [2.24, 2.45) is 5.92 Å². The van der Waals surface area contributed by atoms with Crippen LogP contribution < -0.4 is 5.32 Å². The summed E-state index contributed by atoms with van der Waals surface area (Å²) >= 11 is 0. The van der Waals surface area contributed by atoms with Crippen molar-refractivity contribution in [3.05, 3.63) is 48.2 Å². The Morgan fingerprint density at radius 2 is 1.88 bits per heavy atom. The molecule has 1 fully saturated rings. The Labute approximate surface area is 154 Å². The molecule has 6 nitrogen and oxygen atoms in total. The molecule has 26 heavy (non-hydrogen) atoms. The molecule has 0 radical (unpaired) electrons. The monoisotopic (exact) mass is 354 g/mol. The fourth-order valence-corrected chi connectivity index (χ4v) is 3.33. The van der Waals surface area contributed by atoms with Gasteiger partial charge in [-0.15, -0.1) is 0 Å². The van der Waals surface area contributed by atoms with Crippen molar-refractivity contribution < 1.29 is 9.59 Å². The van der Waals surface area contributed by atoms with Gasteiger partial charge in [-0.2, -0.15) is 5.10 Å². The summed E-state index contributed by atoms with van der Waals surface area (Å²) in [5.41, 5.74) is 1.05. The number of nitrogens with zero attached hydrogens (tertiary/aromatic N) is 3. The molecule has 1 N–H and O–H groups in total. The van der Waals surface area contributed by atoms with Crippen LogP contribution in [0.5, 0.6) is 0 Å². The third-order valence-corrected chi connectivity index (χ3v) is 4.87. The number of likely N-dealkylation sites (tertiary alicyclic amines) is 1. The van der Waals surface area contributed by atoms with Gasteiger partial charge in [-0.1, -0.05) is 30.3 Å². The smallest absolute Gasteiger partial charge is 0.226 e. The van der Waals surface area contributed by atoms with E-state index in [-0.39, 0.29) is 11.8 Å². The number of benzene rings is 1. The van der Waals surface area contributed by atoms with Gasteiger partial charge in [-0.3, -0.25) is 14.3 Å². The average Bonchev–Trinajstić information content (AvgIpc) is 3.10. The summed E-state index contributed by atoms with van der Waals surface area (Å²) in [7, 11) is 0. The Hall–Kier alpha value is -2.63. The molecule has 0 atom stereocenters.